The van der Waals surface area contributed by atoms with Gasteiger partial charge in [-0.2, -0.15) is 0 Å². The van der Waals surface area contributed by atoms with Gasteiger partial charge < -0.3 is 9.64 Å². The monoisotopic (exact) mass is 428 g/mol. The second-order valence-corrected chi connectivity index (χ2v) is 8.69. The number of nitrogens with zero attached hydrogens (tertiary/aromatic N) is 2. The summed E-state index contributed by atoms with van der Waals surface area (Å²) in [7, 11) is 0. The van der Waals surface area contributed by atoms with E-state index in [0.717, 1.165) is 40.1 Å². The van der Waals surface area contributed by atoms with Crippen LogP contribution in [0.3, 0.4) is 0 Å². The highest BCUT2D eigenvalue weighted by Crippen LogP contribution is 2.43. The minimum Gasteiger partial charge on any atom is -0.378 e. The van der Waals surface area contributed by atoms with Crippen molar-refractivity contribution in [2.45, 2.75) is 32.6 Å². The Balaban J connectivity index is 0.00000205. The van der Waals surface area contributed by atoms with Crippen LogP contribution in [0.4, 0.5) is 0 Å². The molecule has 3 aromatic rings. The van der Waals surface area contributed by atoms with Crippen LogP contribution in [0.5, 0.6) is 0 Å². The maximum atomic E-state index is 13.6. The third-order valence-corrected chi connectivity index (χ3v) is 7.04. The van der Waals surface area contributed by atoms with Gasteiger partial charge in [-0.15, -0.1) is 23.7 Å². The van der Waals surface area contributed by atoms with Gasteiger partial charge in [0.25, 0.3) is 5.91 Å². The van der Waals surface area contributed by atoms with E-state index in [4.69, 9.17) is 9.72 Å². The number of fused-ring (bicyclic) bond motifs is 3. The van der Waals surface area contributed by atoms with Gasteiger partial charge in [0.15, 0.2) is 0 Å². The zero-order valence-electron chi connectivity index (χ0n) is 16.6. The van der Waals surface area contributed by atoms with E-state index < -0.39 is 0 Å². The van der Waals surface area contributed by atoms with Crippen LogP contribution in [0.25, 0.3) is 21.3 Å². The Hall–Kier alpha value is -1.95. The lowest BCUT2D eigenvalue weighted by Crippen LogP contribution is -2.41. The maximum absolute atomic E-state index is 13.6. The fourth-order valence-electron chi connectivity index (χ4n) is 4.48. The number of carbonyl (C=O) groups is 1. The van der Waals surface area contributed by atoms with Gasteiger partial charge in [0.2, 0.25) is 0 Å². The van der Waals surface area contributed by atoms with E-state index in [1.165, 1.54) is 28.7 Å². The molecule has 1 amide bonds. The predicted molar refractivity (Wildman–Crippen MR) is 120 cm³/mol. The van der Waals surface area contributed by atoms with Crippen molar-refractivity contribution in [1.82, 2.24) is 9.88 Å². The number of hydrogen-bond donors (Lipinski definition) is 0. The lowest BCUT2D eigenvalue weighted by molar-refractivity contribution is 0.0302. The zero-order chi connectivity index (χ0) is 19.1. The van der Waals surface area contributed by atoms with Gasteiger partial charge in [-0.3, -0.25) is 4.79 Å². The molecule has 0 spiro atoms. The molecule has 1 aliphatic heterocycles. The Morgan fingerprint density at radius 3 is 2.59 bits per heavy atom. The lowest BCUT2D eigenvalue weighted by atomic mass is 9.89. The van der Waals surface area contributed by atoms with Crippen LogP contribution >= 0.6 is 23.7 Å². The van der Waals surface area contributed by atoms with Crippen molar-refractivity contribution in [3.8, 4) is 11.1 Å². The van der Waals surface area contributed by atoms with Gasteiger partial charge in [-0.05, 0) is 43.7 Å². The SMILES string of the molecule is Cc1nc2sc3c(c2c(-c2ccccc2)c1C(=O)N1CCOCC1)CCCC3.Cl. The summed E-state index contributed by atoms with van der Waals surface area (Å²) in [5.74, 6) is 0.0878. The number of carbonyl (C=O) groups excluding carboxylic acids is 1. The van der Waals surface area contributed by atoms with E-state index in [-0.39, 0.29) is 18.3 Å². The lowest BCUT2D eigenvalue weighted by Gasteiger charge is -2.28. The first-order valence-corrected chi connectivity index (χ1v) is 10.9. The first-order chi connectivity index (χ1) is 13.7. The van der Waals surface area contributed by atoms with Crippen LogP contribution in [-0.2, 0) is 17.6 Å². The summed E-state index contributed by atoms with van der Waals surface area (Å²) >= 11 is 1.82. The number of morpholine rings is 1. The number of rotatable bonds is 2. The Bertz CT molecular complexity index is 1040. The summed E-state index contributed by atoms with van der Waals surface area (Å²) in [6, 6.07) is 10.4. The summed E-state index contributed by atoms with van der Waals surface area (Å²) in [4.78, 5) is 23.0. The Morgan fingerprint density at radius 2 is 1.83 bits per heavy atom. The minimum atomic E-state index is 0. The van der Waals surface area contributed by atoms with Gasteiger partial charge in [-0.25, -0.2) is 4.98 Å². The van der Waals surface area contributed by atoms with Crippen LogP contribution in [0.2, 0.25) is 0 Å². The number of aromatic nitrogens is 1. The molecule has 29 heavy (non-hydrogen) atoms. The van der Waals surface area contributed by atoms with Gasteiger partial charge in [0.05, 0.1) is 24.5 Å². The highest BCUT2D eigenvalue weighted by atomic mass is 35.5. The second kappa shape index (κ2) is 8.42. The third-order valence-electron chi connectivity index (χ3n) is 5.86. The molecule has 6 heteroatoms. The standard InChI is InChI=1S/C23H24N2O2S.ClH/c1-15-19(23(26)25-11-13-27-14-12-25)20(16-7-3-2-4-8-16)21-17-9-5-6-10-18(17)28-22(21)24-15;/h2-4,7-8H,5-6,9-14H2,1H3;1H. The van der Waals surface area contributed by atoms with Crippen molar-refractivity contribution in [2.24, 2.45) is 0 Å². The number of halogens is 1. The molecule has 1 aromatic carbocycles. The number of hydrogen-bond acceptors (Lipinski definition) is 4. The summed E-state index contributed by atoms with van der Waals surface area (Å²) in [5.41, 5.74) is 5.22. The number of amides is 1. The van der Waals surface area contributed by atoms with Gasteiger partial charge in [0.1, 0.15) is 4.83 Å². The van der Waals surface area contributed by atoms with Crippen LogP contribution in [-0.4, -0.2) is 42.1 Å². The predicted octanol–water partition coefficient (Wildman–Crippen LogP) is 5.04. The molecule has 1 aliphatic carbocycles. The number of benzene rings is 1. The molecule has 0 atom stereocenters. The zero-order valence-corrected chi connectivity index (χ0v) is 18.2. The smallest absolute Gasteiger partial charge is 0.256 e. The van der Waals surface area contributed by atoms with Gasteiger partial charge >= 0.3 is 0 Å². The molecule has 1 fully saturated rings. The molecule has 3 heterocycles. The average Bonchev–Trinajstić information content (AvgIpc) is 3.11. The van der Waals surface area contributed by atoms with Crippen LogP contribution in [0.15, 0.2) is 30.3 Å². The molecule has 0 N–H and O–H groups in total. The molecule has 0 bridgehead atoms. The Morgan fingerprint density at radius 1 is 1.10 bits per heavy atom. The molecule has 4 nitrogen and oxygen atoms in total. The fraction of sp³-hybridized carbons (Fsp3) is 0.391. The normalized spacial score (nSPS) is 16.4. The summed E-state index contributed by atoms with van der Waals surface area (Å²) in [6.07, 6.45) is 4.69. The van der Waals surface area contributed by atoms with Crippen molar-refractivity contribution >= 4 is 39.9 Å². The van der Waals surface area contributed by atoms with E-state index in [1.54, 1.807) is 0 Å². The Kier molecular flexibility index (Phi) is 5.91. The topological polar surface area (TPSA) is 42.4 Å². The third kappa shape index (κ3) is 3.56. The molecular weight excluding hydrogens is 404 g/mol. The average molecular weight is 429 g/mol. The number of ether oxygens (including phenoxy) is 1. The highest BCUT2D eigenvalue weighted by Gasteiger charge is 2.29. The van der Waals surface area contributed by atoms with Crippen molar-refractivity contribution in [2.75, 3.05) is 26.3 Å². The molecular formula is C23H25ClN2O2S. The molecule has 5 rings (SSSR count). The largest absolute Gasteiger partial charge is 0.378 e. The fourth-order valence-corrected chi connectivity index (χ4v) is 5.80. The van der Waals surface area contributed by atoms with E-state index in [2.05, 4.69) is 24.3 Å². The van der Waals surface area contributed by atoms with Gasteiger partial charge in [0, 0.05) is 28.9 Å². The van der Waals surface area contributed by atoms with Crippen molar-refractivity contribution in [1.29, 1.82) is 0 Å². The quantitative estimate of drug-likeness (QED) is 0.573. The molecule has 0 unspecified atom stereocenters. The van der Waals surface area contributed by atoms with E-state index >= 15 is 0 Å². The van der Waals surface area contributed by atoms with Crippen molar-refractivity contribution in [3.63, 3.8) is 0 Å². The van der Waals surface area contributed by atoms with E-state index in [0.29, 0.717) is 26.3 Å². The number of pyridine rings is 1. The number of thiophene rings is 1. The summed E-state index contributed by atoms with van der Waals surface area (Å²) in [5, 5.41) is 1.22. The van der Waals surface area contributed by atoms with E-state index in [9.17, 15) is 4.79 Å². The van der Waals surface area contributed by atoms with Crippen molar-refractivity contribution in [3.05, 3.63) is 52.0 Å². The summed E-state index contributed by atoms with van der Waals surface area (Å²) in [6.45, 7) is 4.49. The van der Waals surface area contributed by atoms with Crippen LogP contribution < -0.4 is 0 Å². The second-order valence-electron chi connectivity index (χ2n) is 7.61. The molecule has 2 aromatic heterocycles. The van der Waals surface area contributed by atoms with Crippen LogP contribution in [0, 0.1) is 6.92 Å². The summed E-state index contributed by atoms with van der Waals surface area (Å²) < 4.78 is 5.46. The molecule has 0 radical (unpaired) electrons. The maximum Gasteiger partial charge on any atom is 0.256 e. The van der Waals surface area contributed by atoms with Gasteiger partial charge in [-0.1, -0.05) is 30.3 Å². The first-order valence-electron chi connectivity index (χ1n) is 10.1. The van der Waals surface area contributed by atoms with Crippen molar-refractivity contribution < 1.29 is 9.53 Å². The van der Waals surface area contributed by atoms with Crippen LogP contribution in [0.1, 0.15) is 39.3 Å². The molecule has 2 aliphatic rings. The Labute approximate surface area is 181 Å². The minimum absolute atomic E-state index is 0. The number of aryl methyl sites for hydroxylation is 3. The molecule has 152 valence electrons. The molecule has 1 saturated heterocycles. The molecule has 0 saturated carbocycles. The van der Waals surface area contributed by atoms with E-state index in [1.807, 2.05) is 29.2 Å². The highest BCUT2D eigenvalue weighted by molar-refractivity contribution is 7.19. The first kappa shape index (κ1) is 20.3.